The summed E-state index contributed by atoms with van der Waals surface area (Å²) in [5.41, 5.74) is 0.0965. The van der Waals surface area contributed by atoms with Crippen molar-refractivity contribution in [3.8, 4) is 0 Å². The van der Waals surface area contributed by atoms with Gasteiger partial charge in [-0.3, -0.25) is 4.79 Å². The van der Waals surface area contributed by atoms with Crippen molar-refractivity contribution in [3.63, 3.8) is 0 Å². The fourth-order valence-corrected chi connectivity index (χ4v) is 3.03. The van der Waals surface area contributed by atoms with Crippen LogP contribution in [0.3, 0.4) is 0 Å². The molecule has 1 aliphatic carbocycles. The first-order chi connectivity index (χ1) is 8.70. The van der Waals surface area contributed by atoms with Crippen LogP contribution in [0, 0.1) is 5.92 Å². The van der Waals surface area contributed by atoms with Crippen molar-refractivity contribution in [3.05, 3.63) is 27.2 Å². The van der Waals surface area contributed by atoms with Gasteiger partial charge in [0, 0.05) is 10.5 Å². The molecule has 0 aromatic heterocycles. The van der Waals surface area contributed by atoms with Gasteiger partial charge in [-0.15, -0.1) is 0 Å². The number of hydrogen-bond donors (Lipinski definition) is 2. The van der Waals surface area contributed by atoms with Gasteiger partial charge in [0.15, 0.2) is 0 Å². The summed E-state index contributed by atoms with van der Waals surface area (Å²) >= 11 is 9.13. The van der Waals surface area contributed by atoms with E-state index < -0.39 is 15.9 Å². The molecule has 1 aliphatic rings. The fourth-order valence-electron chi connectivity index (χ4n) is 1.66. The topological polar surface area (TPSA) is 89.3 Å². The summed E-state index contributed by atoms with van der Waals surface area (Å²) in [4.78, 5) is 11.9. The molecule has 2 rings (SSSR count). The lowest BCUT2D eigenvalue weighted by atomic mass is 10.2. The highest BCUT2D eigenvalue weighted by atomic mass is 79.9. The maximum Gasteiger partial charge on any atom is 0.253 e. The van der Waals surface area contributed by atoms with Gasteiger partial charge in [0.25, 0.3) is 5.91 Å². The second kappa shape index (κ2) is 5.05. The number of nitrogens with one attached hydrogen (secondary N) is 1. The van der Waals surface area contributed by atoms with Crippen molar-refractivity contribution in [1.82, 2.24) is 5.32 Å². The summed E-state index contributed by atoms with van der Waals surface area (Å²) in [6, 6.07) is 2.58. The number of benzene rings is 1. The lowest BCUT2D eigenvalue weighted by Crippen LogP contribution is -2.27. The van der Waals surface area contributed by atoms with Crippen molar-refractivity contribution in [1.29, 1.82) is 0 Å². The quantitative estimate of drug-likeness (QED) is 0.855. The molecule has 0 radical (unpaired) electrons. The molecule has 0 aliphatic heterocycles. The highest BCUT2D eigenvalue weighted by molar-refractivity contribution is 9.10. The second-order valence-electron chi connectivity index (χ2n) is 4.60. The van der Waals surface area contributed by atoms with Gasteiger partial charge in [0.05, 0.1) is 15.5 Å². The van der Waals surface area contributed by atoms with Gasteiger partial charge in [-0.1, -0.05) is 18.5 Å². The van der Waals surface area contributed by atoms with Gasteiger partial charge in [-0.25, -0.2) is 13.6 Å². The van der Waals surface area contributed by atoms with E-state index in [1.807, 2.05) is 6.92 Å². The van der Waals surface area contributed by atoms with Crippen LogP contribution in [0.5, 0.6) is 0 Å². The number of primary sulfonamides is 1. The smallest absolute Gasteiger partial charge is 0.253 e. The average Bonchev–Trinajstić information content (AvgIpc) is 2.96. The number of sulfonamides is 1. The number of hydrogen-bond acceptors (Lipinski definition) is 3. The summed E-state index contributed by atoms with van der Waals surface area (Å²) < 4.78 is 23.0. The van der Waals surface area contributed by atoms with Crippen LogP contribution < -0.4 is 10.5 Å². The Morgan fingerprint density at radius 3 is 2.58 bits per heavy atom. The SMILES string of the molecule is CC1CC1NC(=O)c1cc(S(N)(=O)=O)cc(Br)c1Cl. The summed E-state index contributed by atoms with van der Waals surface area (Å²) in [6.45, 7) is 2.02. The zero-order chi connectivity index (χ0) is 14.4. The first-order valence-electron chi connectivity index (χ1n) is 5.53. The molecule has 19 heavy (non-hydrogen) atoms. The molecule has 2 unspecified atom stereocenters. The predicted molar refractivity (Wildman–Crippen MR) is 75.6 cm³/mol. The van der Waals surface area contributed by atoms with Crippen molar-refractivity contribution >= 4 is 43.5 Å². The molecule has 104 valence electrons. The van der Waals surface area contributed by atoms with Crippen LogP contribution in [-0.2, 0) is 10.0 Å². The molecular formula is C11H12BrClN2O3S. The van der Waals surface area contributed by atoms with Crippen molar-refractivity contribution in [2.75, 3.05) is 0 Å². The third-order valence-electron chi connectivity index (χ3n) is 3.00. The molecule has 0 saturated heterocycles. The van der Waals surface area contributed by atoms with E-state index in [9.17, 15) is 13.2 Å². The number of carbonyl (C=O) groups excluding carboxylic acids is 1. The maximum atomic E-state index is 12.0. The minimum Gasteiger partial charge on any atom is -0.349 e. The Kier molecular flexibility index (Phi) is 3.92. The Bertz CT molecular complexity index is 648. The number of carbonyl (C=O) groups is 1. The molecule has 0 bridgehead atoms. The number of nitrogens with two attached hydrogens (primary N) is 1. The Morgan fingerprint density at radius 1 is 1.53 bits per heavy atom. The maximum absolute atomic E-state index is 12.0. The van der Waals surface area contributed by atoms with Crippen molar-refractivity contribution in [2.45, 2.75) is 24.3 Å². The number of rotatable bonds is 3. The monoisotopic (exact) mass is 366 g/mol. The summed E-state index contributed by atoms with van der Waals surface area (Å²) in [7, 11) is -3.89. The minimum absolute atomic E-state index is 0.0965. The third-order valence-corrected chi connectivity index (χ3v) is 5.15. The Balaban J connectivity index is 2.38. The van der Waals surface area contributed by atoms with Crippen LogP contribution >= 0.6 is 27.5 Å². The van der Waals surface area contributed by atoms with Gasteiger partial charge < -0.3 is 5.32 Å². The van der Waals surface area contributed by atoms with Crippen LogP contribution in [0.15, 0.2) is 21.5 Å². The number of halogens is 2. The van der Waals surface area contributed by atoms with Gasteiger partial charge in [0.2, 0.25) is 10.0 Å². The van der Waals surface area contributed by atoms with Crippen molar-refractivity contribution in [2.24, 2.45) is 11.1 Å². The summed E-state index contributed by atoms with van der Waals surface area (Å²) in [5, 5.41) is 8.01. The predicted octanol–water partition coefficient (Wildman–Crippen LogP) is 1.89. The first-order valence-corrected chi connectivity index (χ1v) is 8.24. The van der Waals surface area contributed by atoms with E-state index in [0.717, 1.165) is 6.42 Å². The molecule has 1 fully saturated rings. The lowest BCUT2D eigenvalue weighted by molar-refractivity contribution is 0.0949. The molecule has 3 N–H and O–H groups in total. The van der Waals surface area contributed by atoms with E-state index in [-0.39, 0.29) is 21.5 Å². The first kappa shape index (κ1) is 14.8. The minimum atomic E-state index is -3.89. The fraction of sp³-hybridized carbons (Fsp3) is 0.364. The summed E-state index contributed by atoms with van der Waals surface area (Å²) in [6.07, 6.45) is 0.916. The van der Waals surface area contributed by atoms with E-state index >= 15 is 0 Å². The summed E-state index contributed by atoms with van der Waals surface area (Å²) in [5.74, 6) is 0.0399. The van der Waals surface area contributed by atoms with Crippen LogP contribution in [0.4, 0.5) is 0 Å². The standard InChI is InChI=1S/C11H12BrClN2O3S/c1-5-2-9(5)15-11(16)7-3-6(19(14,17)18)4-8(12)10(7)13/h3-5,9H,2H2,1H3,(H,15,16)(H2,14,17,18). The lowest BCUT2D eigenvalue weighted by Gasteiger charge is -2.09. The molecule has 0 heterocycles. The van der Waals surface area contributed by atoms with Gasteiger partial charge in [-0.2, -0.15) is 0 Å². The highest BCUT2D eigenvalue weighted by Crippen LogP contribution is 2.32. The Labute approximate surface area is 124 Å². The molecule has 1 saturated carbocycles. The van der Waals surface area contributed by atoms with Crippen molar-refractivity contribution < 1.29 is 13.2 Å². The third kappa shape index (κ3) is 3.28. The Hall–Kier alpha value is -0.630. The molecule has 5 nitrogen and oxygen atoms in total. The number of amides is 1. The molecule has 2 atom stereocenters. The average molecular weight is 368 g/mol. The van der Waals surface area contributed by atoms with Gasteiger partial charge in [0.1, 0.15) is 0 Å². The van der Waals surface area contributed by atoms with Crippen LogP contribution in [0.25, 0.3) is 0 Å². The molecular weight excluding hydrogens is 356 g/mol. The molecule has 1 aromatic carbocycles. The van der Waals surface area contributed by atoms with E-state index in [1.165, 1.54) is 12.1 Å². The van der Waals surface area contributed by atoms with Gasteiger partial charge >= 0.3 is 0 Å². The van der Waals surface area contributed by atoms with Crippen LogP contribution in [0.2, 0.25) is 5.02 Å². The van der Waals surface area contributed by atoms with Crippen LogP contribution in [0.1, 0.15) is 23.7 Å². The second-order valence-corrected chi connectivity index (χ2v) is 7.40. The highest BCUT2D eigenvalue weighted by Gasteiger charge is 2.34. The zero-order valence-electron chi connectivity index (χ0n) is 9.98. The molecule has 1 amide bonds. The van der Waals surface area contributed by atoms with E-state index in [2.05, 4.69) is 21.2 Å². The normalized spacial score (nSPS) is 22.1. The molecule has 0 spiro atoms. The van der Waals surface area contributed by atoms with E-state index in [4.69, 9.17) is 16.7 Å². The van der Waals surface area contributed by atoms with Gasteiger partial charge in [-0.05, 0) is 40.4 Å². The molecule has 8 heteroatoms. The Morgan fingerprint density at radius 2 is 2.11 bits per heavy atom. The molecule has 1 aromatic rings. The van der Waals surface area contributed by atoms with E-state index in [0.29, 0.717) is 10.4 Å². The van der Waals surface area contributed by atoms with Crippen LogP contribution in [-0.4, -0.2) is 20.4 Å². The van der Waals surface area contributed by atoms with E-state index in [1.54, 1.807) is 0 Å². The zero-order valence-corrected chi connectivity index (χ0v) is 13.1. The largest absolute Gasteiger partial charge is 0.349 e.